The summed E-state index contributed by atoms with van der Waals surface area (Å²) >= 11 is 0. The van der Waals surface area contributed by atoms with Crippen LogP contribution in [0.1, 0.15) is 219 Å². The summed E-state index contributed by atoms with van der Waals surface area (Å²) in [5.41, 5.74) is 0. The molecule has 54 heavy (non-hydrogen) atoms. The molecule has 0 aliphatic carbocycles. The molecule has 1 heterocycles. The molecule has 1 aliphatic rings. The summed E-state index contributed by atoms with van der Waals surface area (Å²) in [7, 11) is 0. The fourth-order valence-corrected chi connectivity index (χ4v) is 7.01. The van der Waals surface area contributed by atoms with Gasteiger partial charge in [0.05, 0.1) is 0 Å². The van der Waals surface area contributed by atoms with E-state index in [1.165, 1.54) is 128 Å². The number of ether oxygens (including phenoxy) is 3. The maximum atomic E-state index is 12.6. The summed E-state index contributed by atoms with van der Waals surface area (Å²) in [6, 6.07) is 0. The maximum absolute atomic E-state index is 12.6. The molecule has 0 aromatic carbocycles. The van der Waals surface area contributed by atoms with Crippen molar-refractivity contribution < 1.29 is 28.6 Å². The number of carbonyl (C=O) groups excluding carboxylic acids is 3. The van der Waals surface area contributed by atoms with Crippen LogP contribution in [0.3, 0.4) is 0 Å². The van der Waals surface area contributed by atoms with Crippen molar-refractivity contribution in [1.82, 2.24) is 4.90 Å². The molecule has 0 N–H and O–H groups in total. The number of unbranched alkanes of at least 4 members (excludes halogenated alkanes) is 22. The fourth-order valence-electron chi connectivity index (χ4n) is 7.01. The van der Waals surface area contributed by atoms with Gasteiger partial charge in [-0.3, -0.25) is 14.4 Å². The Morgan fingerprint density at radius 2 is 0.815 bits per heavy atom. The van der Waals surface area contributed by atoms with Crippen LogP contribution in [0.5, 0.6) is 0 Å². The monoisotopic (exact) mass is 760 g/mol. The molecule has 1 saturated heterocycles. The Hall–Kier alpha value is -2.15. The van der Waals surface area contributed by atoms with Gasteiger partial charge in [-0.05, 0) is 103 Å². The van der Waals surface area contributed by atoms with Gasteiger partial charge in [-0.25, -0.2) is 0 Å². The number of hydrogen-bond acceptors (Lipinski definition) is 7. The van der Waals surface area contributed by atoms with Crippen LogP contribution in [0.25, 0.3) is 0 Å². The van der Waals surface area contributed by atoms with Crippen LogP contribution in [-0.4, -0.2) is 61.8 Å². The van der Waals surface area contributed by atoms with E-state index in [0.29, 0.717) is 19.3 Å². The quantitative estimate of drug-likeness (QED) is 0.0267. The number of carbonyl (C=O) groups is 3. The van der Waals surface area contributed by atoms with Gasteiger partial charge >= 0.3 is 17.9 Å². The summed E-state index contributed by atoms with van der Waals surface area (Å²) in [5, 5.41) is 0. The highest BCUT2D eigenvalue weighted by molar-refractivity contribution is 5.71. The molecule has 0 bridgehead atoms. The van der Waals surface area contributed by atoms with Gasteiger partial charge in [-0.15, -0.1) is 0 Å². The molecule has 7 nitrogen and oxygen atoms in total. The topological polar surface area (TPSA) is 82.1 Å². The molecule has 314 valence electrons. The zero-order chi connectivity index (χ0) is 39.0. The molecule has 1 fully saturated rings. The van der Waals surface area contributed by atoms with Crippen LogP contribution in [0, 0.1) is 0 Å². The van der Waals surface area contributed by atoms with Gasteiger partial charge in [0.25, 0.3) is 0 Å². The molecule has 1 rings (SSSR count). The second-order valence-corrected chi connectivity index (χ2v) is 15.8. The second-order valence-electron chi connectivity index (χ2n) is 15.8. The van der Waals surface area contributed by atoms with Crippen molar-refractivity contribution in [2.24, 2.45) is 0 Å². The standard InChI is InChI=1S/C47H85NO6/c1-3-5-7-9-11-13-15-17-19-21-23-25-27-29-31-36-45(49)52-42-44(54-47(51)38-35-41-48-39-33-34-40-48)43-53-46(50)37-32-30-28-26-24-22-20-18-16-14-12-10-8-6-4-2/h17-20,44H,3-16,21-43H2,1-2H3. The zero-order valence-electron chi connectivity index (χ0n) is 35.4. The minimum atomic E-state index is -0.777. The van der Waals surface area contributed by atoms with Gasteiger partial charge in [0, 0.05) is 19.3 Å². The Morgan fingerprint density at radius 1 is 0.463 bits per heavy atom. The molecule has 0 saturated carbocycles. The van der Waals surface area contributed by atoms with E-state index >= 15 is 0 Å². The zero-order valence-corrected chi connectivity index (χ0v) is 35.4. The highest BCUT2D eigenvalue weighted by Crippen LogP contribution is 2.14. The van der Waals surface area contributed by atoms with Gasteiger partial charge in [0.15, 0.2) is 6.10 Å². The Kier molecular flexibility index (Phi) is 36.1. The summed E-state index contributed by atoms with van der Waals surface area (Å²) < 4.78 is 16.7. The van der Waals surface area contributed by atoms with E-state index in [1.54, 1.807) is 0 Å². The van der Waals surface area contributed by atoms with Crippen molar-refractivity contribution in [2.75, 3.05) is 32.8 Å². The molecule has 0 aromatic heterocycles. The van der Waals surface area contributed by atoms with E-state index < -0.39 is 6.10 Å². The van der Waals surface area contributed by atoms with Gasteiger partial charge < -0.3 is 19.1 Å². The van der Waals surface area contributed by atoms with E-state index in [9.17, 15) is 14.4 Å². The van der Waals surface area contributed by atoms with E-state index in [4.69, 9.17) is 14.2 Å². The predicted molar refractivity (Wildman–Crippen MR) is 226 cm³/mol. The number of allylic oxidation sites excluding steroid dienone is 4. The maximum Gasteiger partial charge on any atom is 0.306 e. The van der Waals surface area contributed by atoms with Gasteiger partial charge in [0.2, 0.25) is 0 Å². The highest BCUT2D eigenvalue weighted by Gasteiger charge is 2.20. The van der Waals surface area contributed by atoms with Crippen LogP contribution in [0.2, 0.25) is 0 Å². The molecule has 0 radical (unpaired) electrons. The molecular weight excluding hydrogens is 675 g/mol. The van der Waals surface area contributed by atoms with Crippen molar-refractivity contribution in [3.05, 3.63) is 24.3 Å². The molecule has 0 spiro atoms. The molecule has 1 aliphatic heterocycles. The summed E-state index contributed by atoms with van der Waals surface area (Å²) in [6.07, 6.45) is 44.1. The molecule has 7 heteroatoms. The van der Waals surface area contributed by atoms with Crippen LogP contribution < -0.4 is 0 Å². The minimum Gasteiger partial charge on any atom is -0.462 e. The van der Waals surface area contributed by atoms with E-state index in [-0.39, 0.29) is 31.1 Å². The first-order chi connectivity index (χ1) is 26.5. The fraction of sp³-hybridized carbons (Fsp3) is 0.851. The predicted octanol–water partition coefficient (Wildman–Crippen LogP) is 12.9. The third kappa shape index (κ3) is 34.3. The third-order valence-electron chi connectivity index (χ3n) is 10.5. The van der Waals surface area contributed by atoms with E-state index in [0.717, 1.165) is 77.4 Å². The number of esters is 3. The van der Waals surface area contributed by atoms with Crippen molar-refractivity contribution in [3.63, 3.8) is 0 Å². The summed E-state index contributed by atoms with van der Waals surface area (Å²) in [5.74, 6) is -0.912. The van der Waals surface area contributed by atoms with Gasteiger partial charge in [-0.1, -0.05) is 141 Å². The lowest BCUT2D eigenvalue weighted by Gasteiger charge is -2.19. The van der Waals surface area contributed by atoms with Crippen LogP contribution in [0.4, 0.5) is 0 Å². The molecule has 0 amide bonds. The lowest BCUT2D eigenvalue weighted by molar-refractivity contribution is -0.167. The summed E-state index contributed by atoms with van der Waals surface area (Å²) in [6.45, 7) is 7.43. The van der Waals surface area contributed by atoms with E-state index in [1.807, 2.05) is 0 Å². The average Bonchev–Trinajstić information content (AvgIpc) is 3.69. The normalized spacial score (nSPS) is 14.0. The van der Waals surface area contributed by atoms with Crippen molar-refractivity contribution in [1.29, 1.82) is 0 Å². The molecular formula is C47H85NO6. The largest absolute Gasteiger partial charge is 0.462 e. The Balaban J connectivity index is 2.21. The smallest absolute Gasteiger partial charge is 0.306 e. The van der Waals surface area contributed by atoms with Crippen LogP contribution in [-0.2, 0) is 28.6 Å². The Labute approximate surface area is 333 Å². The SMILES string of the molecule is CCCCCCCCC=CCCCCCCCC(=O)OCC(COC(=O)CCCCCCCC=CCCCCCCCC)OC(=O)CCCN1CCCC1. The average molecular weight is 760 g/mol. The number of hydrogen-bond donors (Lipinski definition) is 0. The van der Waals surface area contributed by atoms with Gasteiger partial charge in [-0.2, -0.15) is 0 Å². The summed E-state index contributed by atoms with van der Waals surface area (Å²) in [4.78, 5) is 40.0. The number of nitrogens with zero attached hydrogens (tertiary/aromatic N) is 1. The van der Waals surface area contributed by atoms with Crippen molar-refractivity contribution in [3.8, 4) is 0 Å². The first kappa shape index (κ1) is 49.9. The lowest BCUT2D eigenvalue weighted by atomic mass is 10.1. The molecule has 0 aromatic rings. The number of rotatable bonds is 39. The van der Waals surface area contributed by atoms with Crippen molar-refractivity contribution >= 4 is 17.9 Å². The first-order valence-electron chi connectivity index (χ1n) is 23.1. The Bertz CT molecular complexity index is 871. The first-order valence-corrected chi connectivity index (χ1v) is 23.1. The number of likely N-dealkylation sites (tertiary alicyclic amines) is 1. The van der Waals surface area contributed by atoms with Crippen molar-refractivity contribution in [2.45, 2.75) is 225 Å². The second kappa shape index (κ2) is 39.1. The minimum absolute atomic E-state index is 0.0809. The third-order valence-corrected chi connectivity index (χ3v) is 10.5. The Morgan fingerprint density at radius 3 is 1.22 bits per heavy atom. The molecule has 0 unspecified atom stereocenters. The highest BCUT2D eigenvalue weighted by atomic mass is 16.6. The lowest BCUT2D eigenvalue weighted by Crippen LogP contribution is -2.31. The van der Waals surface area contributed by atoms with Crippen LogP contribution >= 0.6 is 0 Å². The van der Waals surface area contributed by atoms with Crippen LogP contribution in [0.15, 0.2) is 24.3 Å². The van der Waals surface area contributed by atoms with Gasteiger partial charge in [0.1, 0.15) is 13.2 Å². The molecule has 0 atom stereocenters. The van der Waals surface area contributed by atoms with E-state index in [2.05, 4.69) is 43.1 Å².